The molecule has 1 aliphatic carbocycles. The average molecular weight is 493 g/mol. The first-order chi connectivity index (χ1) is 14.9. The molecule has 0 bridgehead atoms. The predicted octanol–water partition coefficient (Wildman–Crippen LogP) is 6.92. The van der Waals surface area contributed by atoms with Crippen molar-refractivity contribution in [3.63, 3.8) is 0 Å². The molecule has 9 heteroatoms. The number of thiazole rings is 1. The highest BCUT2D eigenvalue weighted by atomic mass is 35.5. The molecule has 0 unspecified atom stereocenters. The number of benzene rings is 2. The van der Waals surface area contributed by atoms with Crippen molar-refractivity contribution in [2.45, 2.75) is 26.4 Å². The lowest BCUT2D eigenvalue weighted by molar-refractivity contribution is 0.219. The molecule has 0 amide bonds. The lowest BCUT2D eigenvalue weighted by Crippen LogP contribution is -2.10. The Morgan fingerprint density at radius 2 is 1.90 bits per heavy atom. The number of fused-ring (bicyclic) bond motifs is 3. The average Bonchev–Trinajstić information content (AvgIpc) is 3.25. The zero-order chi connectivity index (χ0) is 22.0. The van der Waals surface area contributed by atoms with Gasteiger partial charge in [-0.05, 0) is 37.1 Å². The summed E-state index contributed by atoms with van der Waals surface area (Å²) in [5, 5.41) is 4.77. The van der Waals surface area contributed by atoms with E-state index in [4.69, 9.17) is 37.9 Å². The van der Waals surface area contributed by atoms with E-state index in [9.17, 15) is 4.57 Å². The van der Waals surface area contributed by atoms with Crippen LogP contribution in [0.5, 0.6) is 0 Å². The van der Waals surface area contributed by atoms with E-state index in [1.54, 1.807) is 25.2 Å². The van der Waals surface area contributed by atoms with E-state index >= 15 is 0 Å². The third kappa shape index (κ3) is 5.08. The van der Waals surface area contributed by atoms with Gasteiger partial charge in [-0.3, -0.25) is 4.57 Å². The molecule has 0 fully saturated rings. The molecule has 162 valence electrons. The molecule has 0 saturated carbocycles. The Bertz CT molecular complexity index is 1150. The maximum absolute atomic E-state index is 12.7. The second-order valence-electron chi connectivity index (χ2n) is 7.02. The molecule has 0 saturated heterocycles. The Labute approximate surface area is 196 Å². The van der Waals surface area contributed by atoms with Crippen LogP contribution < -0.4 is 5.32 Å². The van der Waals surface area contributed by atoms with Crippen LogP contribution in [0.25, 0.3) is 11.3 Å². The van der Waals surface area contributed by atoms with E-state index in [2.05, 4.69) is 5.32 Å². The van der Waals surface area contributed by atoms with Crippen LogP contribution in [0.2, 0.25) is 5.02 Å². The van der Waals surface area contributed by atoms with Gasteiger partial charge in [0.25, 0.3) is 0 Å². The largest absolute Gasteiger partial charge is 0.335 e. The monoisotopic (exact) mass is 492 g/mol. The number of halogens is 1. The lowest BCUT2D eigenvalue weighted by atomic mass is 10.1. The summed E-state index contributed by atoms with van der Waals surface area (Å²) in [5.41, 5.74) is 5.08. The smallest absolute Gasteiger partial charge is 0.322 e. The molecule has 0 atom stereocenters. The molecule has 1 N–H and O–H groups in total. The first-order valence-electron chi connectivity index (χ1n) is 9.97. The van der Waals surface area contributed by atoms with E-state index in [0.29, 0.717) is 18.2 Å². The molecular weight excluding hydrogens is 471 g/mol. The minimum absolute atomic E-state index is 0.234. The van der Waals surface area contributed by atoms with Crippen LogP contribution in [0.15, 0.2) is 42.5 Å². The van der Waals surface area contributed by atoms with E-state index in [1.165, 1.54) is 10.4 Å². The third-order valence-corrected chi connectivity index (χ3v) is 8.43. The molecule has 2 aromatic carbocycles. The Morgan fingerprint density at radius 1 is 1.19 bits per heavy atom. The van der Waals surface area contributed by atoms with Gasteiger partial charge in [-0.25, -0.2) is 4.98 Å². The van der Waals surface area contributed by atoms with Crippen LogP contribution >= 0.6 is 42.8 Å². The Morgan fingerprint density at radius 3 is 2.58 bits per heavy atom. The maximum Gasteiger partial charge on any atom is 0.335 e. The standard InChI is InChI=1S/C22H22ClN2O3PS2/c1-3-27-29(26,28-4-2)13-14-5-7-15(8-6-14)21(30)25-22-24-20-18-10-9-17(23)11-16(18)12-19(20)31-22/h5-11H,3-4,12-13H2,1-2H3,(H,24,25,30). The van der Waals surface area contributed by atoms with Crippen LogP contribution in [-0.4, -0.2) is 23.2 Å². The van der Waals surface area contributed by atoms with Crippen LogP contribution in [0.3, 0.4) is 0 Å². The molecule has 0 spiro atoms. The summed E-state index contributed by atoms with van der Waals surface area (Å²) in [6, 6.07) is 13.5. The van der Waals surface area contributed by atoms with Gasteiger partial charge in [-0.15, -0.1) is 11.3 Å². The first-order valence-corrected chi connectivity index (χ1v) is 13.3. The molecule has 1 aliphatic rings. The molecule has 0 aliphatic heterocycles. The van der Waals surface area contributed by atoms with Crippen LogP contribution in [-0.2, 0) is 26.2 Å². The molecule has 1 aromatic heterocycles. The SMILES string of the molecule is CCOP(=O)(Cc1ccc(C(=S)Nc2nc3c(s2)Cc2cc(Cl)ccc2-3)cc1)OCC. The summed E-state index contributed by atoms with van der Waals surface area (Å²) >= 11 is 13.3. The number of aromatic nitrogens is 1. The van der Waals surface area contributed by atoms with E-state index in [0.717, 1.165) is 39.0 Å². The summed E-state index contributed by atoms with van der Waals surface area (Å²) in [4.78, 5) is 6.54. The van der Waals surface area contributed by atoms with Gasteiger partial charge in [0.15, 0.2) is 5.13 Å². The molecule has 1 heterocycles. The quantitative estimate of drug-likeness (QED) is 0.213. The van der Waals surface area contributed by atoms with Gasteiger partial charge in [-0.1, -0.05) is 54.2 Å². The van der Waals surface area contributed by atoms with Crippen LogP contribution in [0.4, 0.5) is 5.13 Å². The van der Waals surface area contributed by atoms with Crippen molar-refractivity contribution in [2.75, 3.05) is 18.5 Å². The minimum atomic E-state index is -3.13. The van der Waals surface area contributed by atoms with Crippen molar-refractivity contribution in [1.82, 2.24) is 4.98 Å². The van der Waals surface area contributed by atoms with Crippen molar-refractivity contribution in [3.05, 3.63) is 69.1 Å². The Balaban J connectivity index is 1.44. The number of rotatable bonds is 8. The van der Waals surface area contributed by atoms with Gasteiger partial charge in [0.2, 0.25) is 0 Å². The van der Waals surface area contributed by atoms with Gasteiger partial charge in [0.1, 0.15) is 4.99 Å². The fourth-order valence-electron chi connectivity index (χ4n) is 3.52. The zero-order valence-corrected chi connectivity index (χ0v) is 20.5. The van der Waals surface area contributed by atoms with Crippen molar-refractivity contribution in [2.24, 2.45) is 0 Å². The first kappa shape index (κ1) is 22.6. The van der Waals surface area contributed by atoms with Crippen molar-refractivity contribution in [1.29, 1.82) is 0 Å². The summed E-state index contributed by atoms with van der Waals surface area (Å²) in [7, 11) is -3.13. The van der Waals surface area contributed by atoms with Gasteiger partial charge < -0.3 is 14.4 Å². The molecular formula is C22H22ClN2O3PS2. The highest BCUT2D eigenvalue weighted by Gasteiger charge is 2.25. The number of nitrogens with one attached hydrogen (secondary N) is 1. The number of nitrogens with zero attached hydrogens (tertiary/aromatic N) is 1. The highest BCUT2D eigenvalue weighted by molar-refractivity contribution is 7.81. The Hall–Kier alpha value is -1.60. The van der Waals surface area contributed by atoms with E-state index in [1.807, 2.05) is 42.5 Å². The lowest BCUT2D eigenvalue weighted by Gasteiger charge is -2.17. The van der Waals surface area contributed by atoms with E-state index < -0.39 is 7.60 Å². The Kier molecular flexibility index (Phi) is 6.92. The molecule has 5 nitrogen and oxygen atoms in total. The second-order valence-corrected chi connectivity index (χ2v) is 11.0. The summed E-state index contributed by atoms with van der Waals surface area (Å²) in [6.45, 7) is 4.31. The number of hydrogen-bond acceptors (Lipinski definition) is 6. The number of hydrogen-bond donors (Lipinski definition) is 1. The molecule has 31 heavy (non-hydrogen) atoms. The van der Waals surface area contributed by atoms with E-state index in [-0.39, 0.29) is 6.16 Å². The highest BCUT2D eigenvalue weighted by Crippen LogP contribution is 2.51. The van der Waals surface area contributed by atoms with Crippen LogP contribution in [0.1, 0.15) is 35.4 Å². The number of thiocarbonyl (C=S) groups is 1. The minimum Gasteiger partial charge on any atom is -0.322 e. The van der Waals surface area contributed by atoms with Gasteiger partial charge in [0, 0.05) is 27.4 Å². The summed E-state index contributed by atoms with van der Waals surface area (Å²) in [6.07, 6.45) is 1.07. The van der Waals surface area contributed by atoms with Gasteiger partial charge in [0.05, 0.1) is 25.1 Å². The van der Waals surface area contributed by atoms with Crippen LogP contribution in [0, 0.1) is 0 Å². The normalized spacial score (nSPS) is 12.5. The van der Waals surface area contributed by atoms with Crippen molar-refractivity contribution in [3.8, 4) is 11.3 Å². The van der Waals surface area contributed by atoms with Crippen molar-refractivity contribution >= 4 is 52.9 Å². The second kappa shape index (κ2) is 9.49. The van der Waals surface area contributed by atoms with Gasteiger partial charge >= 0.3 is 7.60 Å². The summed E-state index contributed by atoms with van der Waals surface area (Å²) in [5.74, 6) is 0. The zero-order valence-electron chi connectivity index (χ0n) is 17.2. The number of anilines is 1. The molecule has 0 radical (unpaired) electrons. The molecule has 4 rings (SSSR count). The topological polar surface area (TPSA) is 60.5 Å². The fourth-order valence-corrected chi connectivity index (χ4v) is 6.72. The fraction of sp³-hybridized carbons (Fsp3) is 0.273. The maximum atomic E-state index is 12.7. The predicted molar refractivity (Wildman–Crippen MR) is 132 cm³/mol. The van der Waals surface area contributed by atoms with Gasteiger partial charge in [-0.2, -0.15) is 0 Å². The van der Waals surface area contributed by atoms with Crippen molar-refractivity contribution < 1.29 is 13.6 Å². The molecule has 3 aromatic rings. The third-order valence-electron chi connectivity index (χ3n) is 4.84. The summed E-state index contributed by atoms with van der Waals surface area (Å²) < 4.78 is 23.5.